The fraction of sp³-hybridized carbons (Fsp3) is 0. The van der Waals surface area contributed by atoms with Gasteiger partial charge in [0, 0.05) is 0 Å². The normalized spacial score (nSPS) is 10.0. The maximum atomic E-state index is 7.33. The van der Waals surface area contributed by atoms with Crippen LogP contribution in [0.5, 0.6) is 0 Å². The van der Waals surface area contributed by atoms with Gasteiger partial charge >= 0.3 is 78.9 Å². The van der Waals surface area contributed by atoms with Gasteiger partial charge < -0.3 is 44.1 Å². The van der Waals surface area contributed by atoms with Crippen LogP contribution in [0.3, 0.4) is 0 Å². The minimum absolute atomic E-state index is 0. The third-order valence-corrected chi connectivity index (χ3v) is 0. The van der Waals surface area contributed by atoms with E-state index in [1.54, 1.807) is 0 Å². The molecule has 0 bridgehead atoms. The van der Waals surface area contributed by atoms with Crippen LogP contribution in [0.15, 0.2) is 0 Å². The molecule has 0 rings (SSSR count). The molecule has 0 spiro atoms. The molecule has 0 saturated carbocycles. The molecule has 12 heteroatoms. The summed E-state index contributed by atoms with van der Waals surface area (Å²) in [6.07, 6.45) is 0. The fourth-order valence-corrected chi connectivity index (χ4v) is 0. The molecule has 0 heterocycles. The van der Waals surface area contributed by atoms with Crippen LogP contribution in [0.4, 0.5) is 0 Å². The zero-order valence-electron chi connectivity index (χ0n) is 9.99. The molecule has 8 N–H and O–H groups in total. The van der Waals surface area contributed by atoms with Gasteiger partial charge in [0.25, 0.3) is 0 Å². The second kappa shape index (κ2) is 9.69. The molecule has 0 aliphatic heterocycles. The molecule has 72 valence electrons. The molecule has 0 aromatic rings. The van der Waals surface area contributed by atoms with Crippen molar-refractivity contribution in [3.8, 4) is 0 Å². The van der Waals surface area contributed by atoms with Crippen LogP contribution in [0.2, 0.25) is 0 Å². The topological polar surface area (TPSA) is 162 Å². The summed E-state index contributed by atoms with van der Waals surface area (Å²) in [7, 11) is -9.22. The molecule has 0 saturated heterocycles. The monoisotopic (exact) mass is 260 g/mol. The largest absolute Gasteiger partial charge is 2.00 e. The molecule has 0 unspecified atom stereocenters. The fourth-order valence-electron chi connectivity index (χ4n) is 0. The molecule has 8 nitrogen and oxygen atoms in total. The predicted molar refractivity (Wildman–Crippen MR) is 45.2 cm³/mol. The Balaban J connectivity index is -0.00000000970. The van der Waals surface area contributed by atoms with Crippen LogP contribution in [0.1, 0.15) is 5.71 Å². The first kappa shape index (κ1) is 23.7. The van der Waals surface area contributed by atoms with Gasteiger partial charge in [-0.1, -0.05) is 0 Å². The smallest absolute Gasteiger partial charge is 1.00 e. The van der Waals surface area contributed by atoms with Gasteiger partial charge in [0.2, 0.25) is 0 Å². The Morgan fingerprint density at radius 2 is 0.583 bits per heavy atom. The average molecular weight is 261 g/mol. The Kier molecular flexibility index (Phi) is 19.2. The minimum Gasteiger partial charge on any atom is -1.00 e. The van der Waals surface area contributed by atoms with Gasteiger partial charge in [0.15, 0.2) is 0 Å². The maximum absolute atomic E-state index is 7.33. The van der Waals surface area contributed by atoms with E-state index in [9.17, 15) is 0 Å². The SMILES string of the molecule is O[Si](O)(O)O.O[Si](O)(O)O.[Ca+2].[H-].[H-].[H-].[H-].[Mg+2]. The van der Waals surface area contributed by atoms with Crippen molar-refractivity contribution in [2.75, 3.05) is 0 Å². The maximum Gasteiger partial charge on any atom is 2.00 e. The number of hydrogen-bond acceptors (Lipinski definition) is 8. The molecule has 0 amide bonds. The molecule has 12 heavy (non-hydrogen) atoms. The second-order valence-electron chi connectivity index (χ2n) is 1.20. The molecule has 0 fully saturated rings. The van der Waals surface area contributed by atoms with E-state index < -0.39 is 18.1 Å². The molecular weight excluding hydrogens is 249 g/mol. The third-order valence-electron chi connectivity index (χ3n) is 0. The van der Waals surface area contributed by atoms with Crippen LogP contribution >= 0.6 is 0 Å². The average Bonchev–Trinajstić information content (AvgIpc) is 1.12. The Morgan fingerprint density at radius 3 is 0.583 bits per heavy atom. The molecular formula is H12CaMgO8Si2. The van der Waals surface area contributed by atoms with E-state index in [2.05, 4.69) is 0 Å². The predicted octanol–water partition coefficient (Wildman–Crippen LogP) is -5.53. The number of hydrogen-bond donors (Lipinski definition) is 8. The Bertz CT molecular complexity index is 73.0. The van der Waals surface area contributed by atoms with Crippen LogP contribution in [0, 0.1) is 0 Å². The van der Waals surface area contributed by atoms with E-state index >= 15 is 0 Å². The van der Waals surface area contributed by atoms with Crippen molar-refractivity contribution in [2.45, 2.75) is 0 Å². The molecule has 0 aromatic heterocycles. The zero-order valence-corrected chi connectivity index (χ0v) is 11.6. The van der Waals surface area contributed by atoms with E-state index in [1.807, 2.05) is 0 Å². The van der Waals surface area contributed by atoms with Crippen molar-refractivity contribution in [3.05, 3.63) is 0 Å². The summed E-state index contributed by atoms with van der Waals surface area (Å²) in [5.41, 5.74) is 0. The summed E-state index contributed by atoms with van der Waals surface area (Å²) in [6, 6.07) is 0. The van der Waals surface area contributed by atoms with Crippen molar-refractivity contribution in [2.24, 2.45) is 0 Å². The quantitative estimate of drug-likeness (QED) is 0.200. The number of rotatable bonds is 0. The van der Waals surface area contributed by atoms with Crippen molar-refractivity contribution >= 4 is 78.9 Å². The van der Waals surface area contributed by atoms with Gasteiger partial charge in [0.05, 0.1) is 0 Å². The minimum atomic E-state index is -4.61. The van der Waals surface area contributed by atoms with Crippen LogP contribution < -0.4 is 0 Å². The van der Waals surface area contributed by atoms with E-state index in [4.69, 9.17) is 38.4 Å². The summed E-state index contributed by atoms with van der Waals surface area (Å²) in [6.45, 7) is 0. The van der Waals surface area contributed by atoms with Crippen molar-refractivity contribution < 1.29 is 44.1 Å². The Labute approximate surface area is 122 Å². The van der Waals surface area contributed by atoms with Crippen LogP contribution in [-0.2, 0) is 0 Å². The van der Waals surface area contributed by atoms with Gasteiger partial charge in [-0.2, -0.15) is 0 Å². The summed E-state index contributed by atoms with van der Waals surface area (Å²) < 4.78 is 0. The van der Waals surface area contributed by atoms with Crippen molar-refractivity contribution in [3.63, 3.8) is 0 Å². The molecule has 0 aromatic carbocycles. The van der Waals surface area contributed by atoms with Gasteiger partial charge in [-0.15, -0.1) is 0 Å². The molecule has 0 radical (unpaired) electrons. The van der Waals surface area contributed by atoms with E-state index in [-0.39, 0.29) is 66.5 Å². The summed E-state index contributed by atoms with van der Waals surface area (Å²) in [4.78, 5) is 58.6. The van der Waals surface area contributed by atoms with Gasteiger partial charge in [-0.05, 0) is 0 Å². The van der Waals surface area contributed by atoms with E-state index in [0.717, 1.165) is 0 Å². The zero-order chi connectivity index (χ0) is 9.00. The Morgan fingerprint density at radius 1 is 0.583 bits per heavy atom. The summed E-state index contributed by atoms with van der Waals surface area (Å²) in [5, 5.41) is 0. The first-order chi connectivity index (χ1) is 4.00. The summed E-state index contributed by atoms with van der Waals surface area (Å²) in [5.74, 6) is 0. The van der Waals surface area contributed by atoms with Crippen LogP contribution in [-0.4, -0.2) is 117 Å². The first-order valence-electron chi connectivity index (χ1n) is 1.79. The van der Waals surface area contributed by atoms with Crippen molar-refractivity contribution in [1.82, 2.24) is 0 Å². The molecule has 0 aliphatic carbocycles. The summed E-state index contributed by atoms with van der Waals surface area (Å²) >= 11 is 0. The molecule has 0 aliphatic rings. The molecule has 0 atom stereocenters. The second-order valence-corrected chi connectivity index (χ2v) is 3.60. The third kappa shape index (κ3) is 329. The first-order valence-corrected chi connectivity index (χ1v) is 5.37. The standard InChI is InChI=1S/Ca.Mg.2H4O4Si.4H/c;;2*1-5(2,3)4;;;;/h;;2*1-4H;;;;/q2*+2;;;4*-1. The van der Waals surface area contributed by atoms with Crippen molar-refractivity contribution in [1.29, 1.82) is 0 Å². The van der Waals surface area contributed by atoms with E-state index in [1.165, 1.54) is 0 Å². The van der Waals surface area contributed by atoms with Gasteiger partial charge in [-0.3, -0.25) is 0 Å². The Hall–Kier alpha value is 2.14. The van der Waals surface area contributed by atoms with Gasteiger partial charge in [0.1, 0.15) is 0 Å². The van der Waals surface area contributed by atoms with Crippen LogP contribution in [0.25, 0.3) is 0 Å². The van der Waals surface area contributed by atoms with Gasteiger partial charge in [-0.25, -0.2) is 0 Å². The van der Waals surface area contributed by atoms with E-state index in [0.29, 0.717) is 0 Å².